The molecule has 0 N–H and O–H groups in total. The van der Waals surface area contributed by atoms with Gasteiger partial charge in [0, 0.05) is 0 Å². The molecule has 2 rings (SSSR count). The average Bonchev–Trinajstić information content (AvgIpc) is 2.80. The third-order valence-corrected chi connectivity index (χ3v) is 4.41. The van der Waals surface area contributed by atoms with Gasteiger partial charge >= 0.3 is 0 Å². The van der Waals surface area contributed by atoms with Crippen LogP contribution in [0.15, 0.2) is 24.3 Å². The Balaban J connectivity index is 1.65. The molecule has 32 heavy (non-hydrogen) atoms. The van der Waals surface area contributed by atoms with Gasteiger partial charge in [0.25, 0.3) is 0 Å². The van der Waals surface area contributed by atoms with Gasteiger partial charge in [-0.1, -0.05) is 0 Å². The van der Waals surface area contributed by atoms with Gasteiger partial charge in [-0.2, -0.15) is 0 Å². The van der Waals surface area contributed by atoms with Crippen molar-refractivity contribution in [1.82, 2.24) is 0 Å². The fraction of sp³-hybridized carbons (Fsp3) is 0.333. The Bertz CT molecular complexity index is 816. The lowest BCUT2D eigenvalue weighted by Crippen LogP contribution is -2.15. The molecule has 0 saturated carbocycles. The minimum absolute atomic E-state index is 0.171. The smallest absolute Gasteiger partial charge is 0.153 e. The third-order valence-electron chi connectivity index (χ3n) is 4.41. The Labute approximate surface area is 186 Å². The first kappa shape index (κ1) is 24.9. The minimum Gasteiger partial charge on any atom is -0.490 e. The number of aryl methyl sites for hydroxylation is 2. The second kappa shape index (κ2) is 13.1. The van der Waals surface area contributed by atoms with Gasteiger partial charge in [0.05, 0.1) is 48.7 Å². The van der Waals surface area contributed by atoms with Crippen molar-refractivity contribution in [2.45, 2.75) is 13.8 Å². The van der Waals surface area contributed by atoms with Crippen LogP contribution in [-0.4, -0.2) is 64.8 Å². The molecule has 0 saturated heterocycles. The number of hydrogen-bond acceptors (Lipinski definition) is 8. The number of benzene rings is 2. The number of carbonyl (C=O) groups is 4. The van der Waals surface area contributed by atoms with Gasteiger partial charge in [0.2, 0.25) is 0 Å². The van der Waals surface area contributed by atoms with Gasteiger partial charge < -0.3 is 18.9 Å². The zero-order chi connectivity index (χ0) is 23.3. The van der Waals surface area contributed by atoms with Crippen molar-refractivity contribution >= 4 is 25.1 Å². The van der Waals surface area contributed by atoms with Crippen molar-refractivity contribution in [2.75, 3.05) is 39.6 Å². The molecule has 0 aliphatic heterocycles. The van der Waals surface area contributed by atoms with E-state index in [1.165, 1.54) is 0 Å². The zero-order valence-corrected chi connectivity index (χ0v) is 18.1. The zero-order valence-electron chi connectivity index (χ0n) is 18.1. The van der Waals surface area contributed by atoms with Crippen LogP contribution >= 0.6 is 0 Å². The Morgan fingerprint density at radius 1 is 0.531 bits per heavy atom. The molecule has 0 aliphatic carbocycles. The van der Waals surface area contributed by atoms with Crippen molar-refractivity contribution in [3.8, 4) is 11.5 Å². The number of hydrogen-bond donors (Lipinski definition) is 0. The van der Waals surface area contributed by atoms with E-state index in [1.54, 1.807) is 38.1 Å². The average molecular weight is 442 g/mol. The molecule has 0 fully saturated rings. The van der Waals surface area contributed by atoms with Crippen LogP contribution in [0.4, 0.5) is 0 Å². The van der Waals surface area contributed by atoms with E-state index < -0.39 is 0 Å². The highest BCUT2D eigenvalue weighted by molar-refractivity contribution is 5.89. The lowest BCUT2D eigenvalue weighted by Gasteiger charge is -2.13. The second-order valence-electron chi connectivity index (χ2n) is 6.94. The van der Waals surface area contributed by atoms with E-state index in [0.29, 0.717) is 60.6 Å². The molecule has 8 nitrogen and oxygen atoms in total. The molecule has 0 spiro atoms. The summed E-state index contributed by atoms with van der Waals surface area (Å²) in [6.07, 6.45) is 2.61. The van der Waals surface area contributed by atoms with Crippen LogP contribution in [0.3, 0.4) is 0 Å². The Kier molecular flexibility index (Phi) is 10.2. The van der Waals surface area contributed by atoms with Crippen LogP contribution in [0.1, 0.15) is 52.6 Å². The van der Waals surface area contributed by atoms with Crippen LogP contribution in [0.2, 0.25) is 0 Å². The molecule has 0 radical (unpaired) electrons. The molecule has 170 valence electrons. The highest BCUT2D eigenvalue weighted by atomic mass is 16.6. The number of aldehydes is 4. The van der Waals surface area contributed by atoms with Gasteiger partial charge in [-0.15, -0.1) is 0 Å². The summed E-state index contributed by atoms with van der Waals surface area (Å²) in [5.74, 6) is 0.496. The number of carbonyl (C=O) groups excluding carboxylic acids is 4. The molecular weight excluding hydrogens is 416 g/mol. The maximum absolute atomic E-state index is 11.2. The van der Waals surface area contributed by atoms with Crippen molar-refractivity contribution in [2.24, 2.45) is 0 Å². The minimum atomic E-state index is 0.171. The van der Waals surface area contributed by atoms with Crippen LogP contribution in [0.25, 0.3) is 0 Å². The topological polar surface area (TPSA) is 105 Å². The normalized spacial score (nSPS) is 10.4. The summed E-state index contributed by atoms with van der Waals surface area (Å²) >= 11 is 0. The predicted molar refractivity (Wildman–Crippen MR) is 117 cm³/mol. The van der Waals surface area contributed by atoms with Crippen LogP contribution in [-0.2, 0) is 9.47 Å². The van der Waals surface area contributed by atoms with E-state index in [1.807, 2.05) is 0 Å². The van der Waals surface area contributed by atoms with Crippen molar-refractivity contribution in [1.29, 1.82) is 0 Å². The summed E-state index contributed by atoms with van der Waals surface area (Å²) in [7, 11) is 0. The molecule has 0 aliphatic rings. The summed E-state index contributed by atoms with van der Waals surface area (Å²) < 4.78 is 21.9. The van der Waals surface area contributed by atoms with Gasteiger partial charge in [-0.05, 0) is 49.2 Å². The summed E-state index contributed by atoms with van der Waals surface area (Å²) in [4.78, 5) is 44.8. The first-order valence-electron chi connectivity index (χ1n) is 10.0. The van der Waals surface area contributed by atoms with Gasteiger partial charge in [0.15, 0.2) is 25.1 Å². The maximum atomic E-state index is 11.2. The first-order valence-corrected chi connectivity index (χ1v) is 10.0. The highest BCUT2D eigenvalue weighted by Crippen LogP contribution is 2.24. The van der Waals surface area contributed by atoms with E-state index in [0.717, 1.165) is 11.1 Å². The van der Waals surface area contributed by atoms with Gasteiger partial charge in [0.1, 0.15) is 24.7 Å². The Hall–Kier alpha value is -3.36. The van der Waals surface area contributed by atoms with Gasteiger partial charge in [-0.3, -0.25) is 19.2 Å². The highest BCUT2D eigenvalue weighted by Gasteiger charge is 2.11. The summed E-state index contributed by atoms with van der Waals surface area (Å²) in [6.45, 7) is 5.04. The lowest BCUT2D eigenvalue weighted by molar-refractivity contribution is 0.0271. The van der Waals surface area contributed by atoms with Crippen LogP contribution in [0.5, 0.6) is 11.5 Å². The Morgan fingerprint density at radius 2 is 0.812 bits per heavy atom. The molecule has 2 aromatic rings. The molecule has 0 heterocycles. The van der Waals surface area contributed by atoms with Crippen molar-refractivity contribution in [3.63, 3.8) is 0 Å². The fourth-order valence-corrected chi connectivity index (χ4v) is 3.07. The second-order valence-corrected chi connectivity index (χ2v) is 6.94. The SMILES string of the molecule is Cc1cc(C=O)c(OCCOCCOCCOc2c(C=O)cc(C)cc2C=O)c(C=O)c1. The van der Waals surface area contributed by atoms with E-state index in [4.69, 9.17) is 18.9 Å². The third kappa shape index (κ3) is 7.11. The van der Waals surface area contributed by atoms with E-state index in [-0.39, 0.29) is 37.9 Å². The van der Waals surface area contributed by atoms with E-state index >= 15 is 0 Å². The first-order chi connectivity index (χ1) is 15.5. The quantitative estimate of drug-likeness (QED) is 0.306. The molecule has 0 aromatic heterocycles. The van der Waals surface area contributed by atoms with Crippen LogP contribution < -0.4 is 9.47 Å². The molecule has 8 heteroatoms. The summed E-state index contributed by atoms with van der Waals surface area (Å²) in [6, 6.07) is 6.61. The standard InChI is InChI=1S/C24H26O8/c1-17-9-19(13-25)23(20(10-17)14-26)31-7-5-29-3-4-30-6-8-32-24-21(15-27)11-18(2)12-22(24)16-28/h9-16H,3-8H2,1-2H3. The largest absolute Gasteiger partial charge is 0.490 e. The molecule has 2 aromatic carbocycles. The molecule has 0 bridgehead atoms. The summed E-state index contributed by atoms with van der Waals surface area (Å²) in [5, 5.41) is 0. The predicted octanol–water partition coefficient (Wildman–Crippen LogP) is 3.04. The maximum Gasteiger partial charge on any atom is 0.153 e. The monoisotopic (exact) mass is 442 g/mol. The Morgan fingerprint density at radius 3 is 1.09 bits per heavy atom. The fourth-order valence-electron chi connectivity index (χ4n) is 3.07. The summed E-state index contributed by atoms with van der Waals surface area (Å²) in [5.41, 5.74) is 2.87. The molecule has 0 atom stereocenters. The van der Waals surface area contributed by atoms with Crippen molar-refractivity contribution < 1.29 is 38.1 Å². The lowest BCUT2D eigenvalue weighted by atomic mass is 10.1. The van der Waals surface area contributed by atoms with E-state index in [2.05, 4.69) is 0 Å². The van der Waals surface area contributed by atoms with E-state index in [9.17, 15) is 19.2 Å². The molecular formula is C24H26O8. The van der Waals surface area contributed by atoms with Crippen LogP contribution in [0, 0.1) is 13.8 Å². The van der Waals surface area contributed by atoms with Gasteiger partial charge in [-0.25, -0.2) is 0 Å². The molecule has 0 amide bonds. The number of ether oxygens (including phenoxy) is 4. The number of rotatable bonds is 15. The molecule has 0 unspecified atom stereocenters. The van der Waals surface area contributed by atoms with Crippen molar-refractivity contribution in [3.05, 3.63) is 57.6 Å².